The highest BCUT2D eigenvalue weighted by atomic mass is 35.5. The molecular formula is C14H9ClF2O2. The minimum absolute atomic E-state index is 0.187. The molecule has 5 heteroatoms. The van der Waals surface area contributed by atoms with Gasteiger partial charge < -0.3 is 9.84 Å². The zero-order chi connectivity index (χ0) is 13.6. The Kier molecular flexibility index (Phi) is 2.92. The van der Waals surface area contributed by atoms with Crippen LogP contribution in [-0.4, -0.2) is 5.11 Å². The monoisotopic (exact) mass is 282 g/mol. The SMILES string of the molecule is OC1c2cccc(Oc3cc(F)cc(Cl)c3)c2C1F. The van der Waals surface area contributed by atoms with Gasteiger partial charge in [0, 0.05) is 16.7 Å². The summed E-state index contributed by atoms with van der Waals surface area (Å²) in [4.78, 5) is 0. The van der Waals surface area contributed by atoms with E-state index in [-0.39, 0.29) is 16.5 Å². The van der Waals surface area contributed by atoms with Crippen molar-refractivity contribution in [1.29, 1.82) is 0 Å². The average Bonchev–Trinajstić information content (AvgIpc) is 2.36. The molecule has 0 fully saturated rings. The molecule has 0 bridgehead atoms. The highest BCUT2D eigenvalue weighted by Gasteiger charge is 2.39. The van der Waals surface area contributed by atoms with Crippen LogP contribution in [0.1, 0.15) is 23.4 Å². The summed E-state index contributed by atoms with van der Waals surface area (Å²) in [6, 6.07) is 8.58. The fraction of sp³-hybridized carbons (Fsp3) is 0.143. The minimum Gasteiger partial charge on any atom is -0.457 e. The van der Waals surface area contributed by atoms with Crippen LogP contribution in [0.25, 0.3) is 0 Å². The number of fused-ring (bicyclic) bond motifs is 1. The van der Waals surface area contributed by atoms with Gasteiger partial charge >= 0.3 is 0 Å². The van der Waals surface area contributed by atoms with Crippen LogP contribution in [0.3, 0.4) is 0 Å². The Bertz CT molecular complexity index is 625. The summed E-state index contributed by atoms with van der Waals surface area (Å²) in [5.74, 6) is -0.0851. The largest absolute Gasteiger partial charge is 0.457 e. The maximum atomic E-state index is 13.6. The number of rotatable bonds is 2. The predicted octanol–water partition coefficient (Wildman–Crippen LogP) is 4.33. The van der Waals surface area contributed by atoms with E-state index >= 15 is 0 Å². The molecule has 0 saturated carbocycles. The summed E-state index contributed by atoms with van der Waals surface area (Å²) in [6.45, 7) is 0. The van der Waals surface area contributed by atoms with Crippen LogP contribution in [0, 0.1) is 5.82 Å². The molecule has 2 aromatic carbocycles. The minimum atomic E-state index is -1.48. The molecule has 0 aromatic heterocycles. The molecule has 98 valence electrons. The van der Waals surface area contributed by atoms with Crippen molar-refractivity contribution in [2.45, 2.75) is 12.3 Å². The molecule has 0 aliphatic heterocycles. The van der Waals surface area contributed by atoms with Gasteiger partial charge in [-0.05, 0) is 23.8 Å². The van der Waals surface area contributed by atoms with Crippen molar-refractivity contribution >= 4 is 11.6 Å². The quantitative estimate of drug-likeness (QED) is 0.888. The molecule has 0 spiro atoms. The summed E-state index contributed by atoms with van der Waals surface area (Å²) in [5, 5.41) is 9.63. The lowest BCUT2D eigenvalue weighted by Gasteiger charge is -2.31. The number of aliphatic hydroxyl groups is 1. The zero-order valence-corrected chi connectivity index (χ0v) is 10.4. The van der Waals surface area contributed by atoms with E-state index < -0.39 is 18.1 Å². The molecule has 1 N–H and O–H groups in total. The average molecular weight is 283 g/mol. The van der Waals surface area contributed by atoms with Crippen molar-refractivity contribution in [2.75, 3.05) is 0 Å². The summed E-state index contributed by atoms with van der Waals surface area (Å²) in [6.07, 6.45) is -2.59. The first-order valence-corrected chi connectivity index (χ1v) is 6.03. The van der Waals surface area contributed by atoms with Crippen LogP contribution in [0.4, 0.5) is 8.78 Å². The number of ether oxygens (including phenoxy) is 1. The van der Waals surface area contributed by atoms with Gasteiger partial charge in [0.1, 0.15) is 23.4 Å². The van der Waals surface area contributed by atoms with Crippen LogP contribution >= 0.6 is 11.6 Å². The summed E-state index contributed by atoms with van der Waals surface area (Å²) in [5.41, 5.74) is 0.794. The standard InChI is InChI=1S/C14H9ClF2O2/c15-7-4-8(16)6-9(5-7)19-11-3-1-2-10-12(11)13(17)14(10)18/h1-6,13-14,18H. The smallest absolute Gasteiger partial charge is 0.159 e. The number of hydrogen-bond donors (Lipinski definition) is 1. The second-order valence-electron chi connectivity index (χ2n) is 4.31. The van der Waals surface area contributed by atoms with Gasteiger partial charge in [0.2, 0.25) is 0 Å². The van der Waals surface area contributed by atoms with Crippen LogP contribution in [0.15, 0.2) is 36.4 Å². The van der Waals surface area contributed by atoms with Crippen LogP contribution < -0.4 is 4.74 Å². The lowest BCUT2D eigenvalue weighted by molar-refractivity contribution is 0.0435. The van der Waals surface area contributed by atoms with Crippen molar-refractivity contribution in [1.82, 2.24) is 0 Å². The van der Waals surface area contributed by atoms with Gasteiger partial charge in [-0.2, -0.15) is 0 Å². The van der Waals surface area contributed by atoms with E-state index in [2.05, 4.69) is 0 Å². The second kappa shape index (κ2) is 4.47. The molecule has 2 aromatic rings. The first-order chi connectivity index (χ1) is 9.06. The Morgan fingerprint density at radius 3 is 2.74 bits per heavy atom. The topological polar surface area (TPSA) is 29.5 Å². The zero-order valence-electron chi connectivity index (χ0n) is 9.61. The van der Waals surface area contributed by atoms with Crippen molar-refractivity contribution in [3.63, 3.8) is 0 Å². The molecule has 3 rings (SSSR count). The van der Waals surface area contributed by atoms with Gasteiger partial charge in [-0.3, -0.25) is 0 Å². The van der Waals surface area contributed by atoms with Crippen molar-refractivity contribution in [3.8, 4) is 11.5 Å². The molecular weight excluding hydrogens is 274 g/mol. The molecule has 0 amide bonds. The molecule has 19 heavy (non-hydrogen) atoms. The van der Waals surface area contributed by atoms with E-state index in [0.29, 0.717) is 11.1 Å². The summed E-state index contributed by atoms with van der Waals surface area (Å²) >= 11 is 5.72. The number of aliphatic hydroxyl groups excluding tert-OH is 1. The van der Waals surface area contributed by atoms with E-state index in [9.17, 15) is 13.9 Å². The van der Waals surface area contributed by atoms with E-state index in [1.807, 2.05) is 0 Å². The Morgan fingerprint density at radius 1 is 1.21 bits per heavy atom. The third kappa shape index (κ3) is 2.07. The summed E-state index contributed by atoms with van der Waals surface area (Å²) < 4.78 is 32.2. The fourth-order valence-corrected chi connectivity index (χ4v) is 2.35. The lowest BCUT2D eigenvalue weighted by Crippen LogP contribution is -2.21. The van der Waals surface area contributed by atoms with Crippen LogP contribution in [-0.2, 0) is 0 Å². The maximum absolute atomic E-state index is 13.6. The molecule has 2 nitrogen and oxygen atoms in total. The van der Waals surface area contributed by atoms with E-state index in [4.69, 9.17) is 16.3 Å². The Morgan fingerprint density at radius 2 is 2.00 bits per heavy atom. The first-order valence-electron chi connectivity index (χ1n) is 5.65. The highest BCUT2D eigenvalue weighted by molar-refractivity contribution is 6.30. The van der Waals surface area contributed by atoms with E-state index in [0.717, 1.165) is 12.1 Å². The van der Waals surface area contributed by atoms with Crippen molar-refractivity contribution in [2.24, 2.45) is 0 Å². The third-order valence-corrected chi connectivity index (χ3v) is 3.25. The Balaban J connectivity index is 1.97. The van der Waals surface area contributed by atoms with E-state index in [1.54, 1.807) is 18.2 Å². The highest BCUT2D eigenvalue weighted by Crippen LogP contribution is 2.51. The first kappa shape index (κ1) is 12.4. The number of alkyl halides is 1. The number of halogens is 3. The van der Waals surface area contributed by atoms with E-state index in [1.165, 1.54) is 6.07 Å². The normalized spacial score (nSPS) is 20.6. The molecule has 0 heterocycles. The molecule has 2 unspecified atom stereocenters. The molecule has 1 aliphatic carbocycles. The Hall–Kier alpha value is -1.65. The lowest BCUT2D eigenvalue weighted by atomic mass is 9.83. The van der Waals surface area contributed by atoms with Gasteiger partial charge in [0.25, 0.3) is 0 Å². The van der Waals surface area contributed by atoms with Gasteiger partial charge in [-0.15, -0.1) is 0 Å². The molecule has 0 saturated heterocycles. The van der Waals surface area contributed by atoms with Gasteiger partial charge in [0.05, 0.1) is 0 Å². The second-order valence-corrected chi connectivity index (χ2v) is 4.75. The molecule has 0 radical (unpaired) electrons. The predicted molar refractivity (Wildman–Crippen MR) is 66.7 cm³/mol. The molecule has 2 atom stereocenters. The van der Waals surface area contributed by atoms with Crippen LogP contribution in [0.5, 0.6) is 11.5 Å². The maximum Gasteiger partial charge on any atom is 0.159 e. The number of benzene rings is 2. The van der Waals surface area contributed by atoms with Gasteiger partial charge in [-0.25, -0.2) is 8.78 Å². The van der Waals surface area contributed by atoms with Gasteiger partial charge in [-0.1, -0.05) is 23.7 Å². The van der Waals surface area contributed by atoms with Crippen molar-refractivity contribution < 1.29 is 18.6 Å². The fourth-order valence-electron chi connectivity index (χ4n) is 2.14. The third-order valence-electron chi connectivity index (χ3n) is 3.04. The van der Waals surface area contributed by atoms with Crippen molar-refractivity contribution in [3.05, 3.63) is 58.4 Å². The molecule has 1 aliphatic rings. The Labute approximate surface area is 113 Å². The summed E-state index contributed by atoms with van der Waals surface area (Å²) in [7, 11) is 0. The number of hydrogen-bond acceptors (Lipinski definition) is 2. The van der Waals surface area contributed by atoms with Gasteiger partial charge in [0.15, 0.2) is 6.17 Å². The van der Waals surface area contributed by atoms with Crippen LogP contribution in [0.2, 0.25) is 5.02 Å².